The highest BCUT2D eigenvalue weighted by Crippen LogP contribution is 2.22. The number of carbonyl (C=O) groups is 1. The van der Waals surface area contributed by atoms with Crippen LogP contribution in [0.2, 0.25) is 0 Å². The monoisotopic (exact) mass is 384 g/mol. The highest BCUT2D eigenvalue weighted by Gasteiger charge is 2.06. The predicted octanol–water partition coefficient (Wildman–Crippen LogP) is 2.02. The Kier molecular flexibility index (Phi) is 5.39. The van der Waals surface area contributed by atoms with Gasteiger partial charge in [-0.15, -0.1) is 5.10 Å². The van der Waals surface area contributed by atoms with Crippen molar-refractivity contribution in [3.8, 4) is 23.3 Å². The molecule has 4 rings (SSSR count). The van der Waals surface area contributed by atoms with Crippen LogP contribution in [0, 0.1) is 11.8 Å². The first-order valence-electron chi connectivity index (χ1n) is 8.85. The number of rotatable bonds is 5. The molecule has 8 heteroatoms. The summed E-state index contributed by atoms with van der Waals surface area (Å²) in [6, 6.07) is 16.6. The highest BCUT2D eigenvalue weighted by atomic mass is 16.5. The van der Waals surface area contributed by atoms with E-state index in [9.17, 15) is 4.79 Å². The van der Waals surface area contributed by atoms with Gasteiger partial charge in [-0.05, 0) is 40.8 Å². The lowest BCUT2D eigenvalue weighted by Crippen LogP contribution is -2.23. The fourth-order valence-corrected chi connectivity index (χ4v) is 2.72. The van der Waals surface area contributed by atoms with E-state index in [1.54, 1.807) is 24.4 Å². The number of aromatic nitrogens is 5. The van der Waals surface area contributed by atoms with Gasteiger partial charge in [-0.1, -0.05) is 36.1 Å². The fourth-order valence-electron chi connectivity index (χ4n) is 2.72. The molecule has 0 aliphatic rings. The van der Waals surface area contributed by atoms with E-state index < -0.39 is 0 Å². The molecular weight excluding hydrogens is 368 g/mol. The number of hydrogen-bond acceptors (Lipinski definition) is 6. The predicted molar refractivity (Wildman–Crippen MR) is 107 cm³/mol. The minimum atomic E-state index is -0.228. The van der Waals surface area contributed by atoms with Gasteiger partial charge in [0.1, 0.15) is 24.2 Å². The summed E-state index contributed by atoms with van der Waals surface area (Å²) < 4.78 is 7.18. The first kappa shape index (κ1) is 18.1. The third-order valence-electron chi connectivity index (χ3n) is 4.08. The zero-order valence-corrected chi connectivity index (χ0v) is 15.3. The van der Waals surface area contributed by atoms with E-state index >= 15 is 0 Å². The highest BCUT2D eigenvalue weighted by molar-refractivity contribution is 5.94. The summed E-state index contributed by atoms with van der Waals surface area (Å²) in [6.07, 6.45) is 3.19. The third-order valence-corrected chi connectivity index (χ3v) is 4.08. The second kappa shape index (κ2) is 8.63. The standard InChI is InChI=1S/C21H16N6O2/c28-21(17-7-3-9-18(14-17)27-15-24-25-26-27)23-11-1-2-13-29-19-10-4-6-16-8-5-12-22-20(16)19/h3-10,12,14-15H,11,13H2,(H,23,28). The summed E-state index contributed by atoms with van der Waals surface area (Å²) in [5.41, 5.74) is 2.00. The summed E-state index contributed by atoms with van der Waals surface area (Å²) in [6.45, 7) is 0.422. The van der Waals surface area contributed by atoms with Crippen LogP contribution in [-0.2, 0) is 0 Å². The number of benzene rings is 2. The Morgan fingerprint density at radius 3 is 2.90 bits per heavy atom. The number of amides is 1. The summed E-state index contributed by atoms with van der Waals surface area (Å²) in [5, 5.41) is 14.8. The van der Waals surface area contributed by atoms with Gasteiger partial charge < -0.3 is 10.1 Å². The number of nitrogens with one attached hydrogen (secondary N) is 1. The van der Waals surface area contributed by atoms with Crippen molar-refractivity contribution in [3.05, 3.63) is 72.7 Å². The van der Waals surface area contributed by atoms with Gasteiger partial charge in [0.15, 0.2) is 0 Å². The van der Waals surface area contributed by atoms with Crippen LogP contribution in [0.3, 0.4) is 0 Å². The lowest BCUT2D eigenvalue weighted by Gasteiger charge is -2.05. The van der Waals surface area contributed by atoms with E-state index in [0.717, 1.165) is 10.9 Å². The summed E-state index contributed by atoms with van der Waals surface area (Å²) in [7, 11) is 0. The molecule has 0 saturated carbocycles. The number of para-hydroxylation sites is 1. The largest absolute Gasteiger partial charge is 0.479 e. The van der Waals surface area contributed by atoms with Crippen molar-refractivity contribution in [1.82, 2.24) is 30.5 Å². The van der Waals surface area contributed by atoms with Gasteiger partial charge in [-0.25, -0.2) is 4.68 Å². The Hall–Kier alpha value is -4.25. The average molecular weight is 384 g/mol. The summed E-state index contributed by atoms with van der Waals surface area (Å²) in [4.78, 5) is 16.6. The molecule has 29 heavy (non-hydrogen) atoms. The molecule has 8 nitrogen and oxygen atoms in total. The van der Waals surface area contributed by atoms with Crippen LogP contribution in [0.1, 0.15) is 10.4 Å². The zero-order chi connectivity index (χ0) is 19.9. The minimum Gasteiger partial charge on any atom is -0.479 e. The maximum Gasteiger partial charge on any atom is 0.252 e. The Balaban J connectivity index is 1.30. The van der Waals surface area contributed by atoms with E-state index in [1.807, 2.05) is 36.4 Å². The quantitative estimate of drug-likeness (QED) is 0.529. The topological polar surface area (TPSA) is 94.8 Å². The smallest absolute Gasteiger partial charge is 0.252 e. The Labute approximate surface area is 166 Å². The zero-order valence-electron chi connectivity index (χ0n) is 15.3. The molecule has 2 aromatic heterocycles. The number of carbonyl (C=O) groups excluding carboxylic acids is 1. The molecular formula is C21H16N6O2. The van der Waals surface area contributed by atoms with Gasteiger partial charge in [0.05, 0.1) is 12.2 Å². The second-order valence-corrected chi connectivity index (χ2v) is 5.96. The van der Waals surface area contributed by atoms with Crippen LogP contribution in [0.15, 0.2) is 67.1 Å². The number of nitrogens with zero attached hydrogens (tertiary/aromatic N) is 5. The number of fused-ring (bicyclic) bond motifs is 1. The van der Waals surface area contributed by atoms with E-state index in [2.05, 4.69) is 37.7 Å². The molecule has 1 amide bonds. The van der Waals surface area contributed by atoms with Crippen LogP contribution in [0.25, 0.3) is 16.6 Å². The fraction of sp³-hybridized carbons (Fsp3) is 0.0952. The van der Waals surface area contributed by atoms with E-state index in [1.165, 1.54) is 11.0 Å². The van der Waals surface area contributed by atoms with Crippen molar-refractivity contribution >= 4 is 16.8 Å². The van der Waals surface area contributed by atoms with Crippen molar-refractivity contribution in [1.29, 1.82) is 0 Å². The maximum absolute atomic E-state index is 12.3. The van der Waals surface area contributed by atoms with Crippen molar-refractivity contribution < 1.29 is 9.53 Å². The van der Waals surface area contributed by atoms with Gasteiger partial charge in [-0.3, -0.25) is 9.78 Å². The molecule has 0 radical (unpaired) electrons. The first-order chi connectivity index (χ1) is 14.3. The molecule has 0 atom stereocenters. The molecule has 2 aromatic carbocycles. The number of ether oxygens (including phenoxy) is 1. The van der Waals surface area contributed by atoms with Crippen molar-refractivity contribution in [3.63, 3.8) is 0 Å². The number of hydrogen-bond donors (Lipinski definition) is 1. The molecule has 0 saturated heterocycles. The van der Waals surface area contributed by atoms with Gasteiger partial charge in [0, 0.05) is 17.1 Å². The molecule has 1 N–H and O–H groups in total. The van der Waals surface area contributed by atoms with Crippen molar-refractivity contribution in [2.24, 2.45) is 0 Å². The number of tetrazole rings is 1. The van der Waals surface area contributed by atoms with Crippen LogP contribution in [0.5, 0.6) is 5.75 Å². The van der Waals surface area contributed by atoms with Gasteiger partial charge in [0.25, 0.3) is 5.91 Å². The molecule has 4 aromatic rings. The van der Waals surface area contributed by atoms with E-state index in [0.29, 0.717) is 17.0 Å². The Morgan fingerprint density at radius 2 is 2.00 bits per heavy atom. The van der Waals surface area contributed by atoms with Crippen LogP contribution < -0.4 is 10.1 Å². The van der Waals surface area contributed by atoms with Gasteiger partial charge in [0.2, 0.25) is 0 Å². The molecule has 0 spiro atoms. The Bertz CT molecular complexity index is 1190. The van der Waals surface area contributed by atoms with E-state index in [4.69, 9.17) is 4.74 Å². The summed E-state index contributed by atoms with van der Waals surface area (Å²) >= 11 is 0. The second-order valence-electron chi connectivity index (χ2n) is 5.96. The normalized spacial score (nSPS) is 10.2. The third kappa shape index (κ3) is 4.36. The molecule has 2 heterocycles. The van der Waals surface area contributed by atoms with Crippen LogP contribution in [0.4, 0.5) is 0 Å². The maximum atomic E-state index is 12.3. The summed E-state index contributed by atoms with van der Waals surface area (Å²) in [5.74, 6) is 6.23. The lowest BCUT2D eigenvalue weighted by atomic mass is 10.2. The van der Waals surface area contributed by atoms with Crippen LogP contribution >= 0.6 is 0 Å². The van der Waals surface area contributed by atoms with Crippen LogP contribution in [-0.4, -0.2) is 44.3 Å². The van der Waals surface area contributed by atoms with Crippen molar-refractivity contribution in [2.45, 2.75) is 0 Å². The molecule has 142 valence electrons. The average Bonchev–Trinajstić information content (AvgIpc) is 3.31. The molecule has 0 aliphatic heterocycles. The number of pyridine rings is 1. The molecule has 0 fully saturated rings. The molecule has 0 bridgehead atoms. The van der Waals surface area contributed by atoms with Gasteiger partial charge >= 0.3 is 0 Å². The SMILES string of the molecule is O=C(NCC#CCOc1cccc2cccnc12)c1cccc(-n2cnnn2)c1. The van der Waals surface area contributed by atoms with Crippen molar-refractivity contribution in [2.75, 3.05) is 13.2 Å². The minimum absolute atomic E-state index is 0.209. The van der Waals surface area contributed by atoms with Gasteiger partial charge in [-0.2, -0.15) is 0 Å². The molecule has 0 unspecified atom stereocenters. The first-order valence-corrected chi connectivity index (χ1v) is 8.85. The Morgan fingerprint density at radius 1 is 1.10 bits per heavy atom. The van der Waals surface area contributed by atoms with E-state index in [-0.39, 0.29) is 19.1 Å². The lowest BCUT2D eigenvalue weighted by molar-refractivity contribution is 0.0958. The molecule has 0 aliphatic carbocycles.